The molecular formula is C14H21NO3S. The molecule has 2 N–H and O–H groups in total. The number of nitrogens with one attached hydrogen (secondary N) is 1. The highest BCUT2D eigenvalue weighted by atomic mass is 32.2. The molecule has 2 atom stereocenters. The van der Waals surface area contributed by atoms with E-state index in [4.69, 9.17) is 0 Å². The van der Waals surface area contributed by atoms with Crippen molar-refractivity contribution in [2.45, 2.75) is 44.1 Å². The molecular weight excluding hydrogens is 262 g/mol. The molecule has 2 unspecified atom stereocenters. The summed E-state index contributed by atoms with van der Waals surface area (Å²) in [6.45, 7) is 4.08. The van der Waals surface area contributed by atoms with Gasteiger partial charge in [0.05, 0.1) is 11.0 Å². The van der Waals surface area contributed by atoms with Crippen LogP contribution in [0.2, 0.25) is 0 Å². The molecule has 1 aromatic rings. The molecule has 0 saturated heterocycles. The Morgan fingerprint density at radius 3 is 2.37 bits per heavy atom. The van der Waals surface area contributed by atoms with E-state index in [-0.39, 0.29) is 12.0 Å². The Labute approximate surface area is 114 Å². The van der Waals surface area contributed by atoms with Gasteiger partial charge in [-0.2, -0.15) is 0 Å². The molecule has 5 heteroatoms. The zero-order valence-electron chi connectivity index (χ0n) is 11.4. The number of aliphatic hydroxyl groups excluding tert-OH is 1. The van der Waals surface area contributed by atoms with E-state index in [2.05, 4.69) is 4.72 Å². The van der Waals surface area contributed by atoms with Crippen molar-refractivity contribution in [1.82, 2.24) is 4.72 Å². The Kier molecular flexibility index (Phi) is 4.28. The molecule has 2 rings (SSSR count). The number of aryl methyl sites for hydroxylation is 2. The van der Waals surface area contributed by atoms with E-state index in [0.717, 1.165) is 30.4 Å². The molecule has 0 radical (unpaired) electrons. The molecule has 1 saturated carbocycles. The summed E-state index contributed by atoms with van der Waals surface area (Å²) in [6, 6.07) is 5.28. The highest BCUT2D eigenvalue weighted by Crippen LogP contribution is 2.25. The van der Waals surface area contributed by atoms with E-state index in [1.165, 1.54) is 0 Å². The summed E-state index contributed by atoms with van der Waals surface area (Å²) in [7, 11) is -3.48. The average molecular weight is 283 g/mol. The molecule has 1 aliphatic rings. The molecule has 0 bridgehead atoms. The van der Waals surface area contributed by atoms with Crippen LogP contribution in [0.3, 0.4) is 0 Å². The van der Waals surface area contributed by atoms with Crippen LogP contribution in [0, 0.1) is 19.8 Å². The Morgan fingerprint density at radius 1 is 1.21 bits per heavy atom. The maximum Gasteiger partial charge on any atom is 0.240 e. The lowest BCUT2D eigenvalue weighted by Crippen LogP contribution is -2.32. The van der Waals surface area contributed by atoms with Crippen LogP contribution in [0.1, 0.15) is 30.4 Å². The Balaban J connectivity index is 2.09. The van der Waals surface area contributed by atoms with Crippen molar-refractivity contribution in [3.63, 3.8) is 0 Å². The number of aliphatic hydroxyl groups is 1. The molecule has 106 valence electrons. The van der Waals surface area contributed by atoms with Crippen LogP contribution in [0.15, 0.2) is 23.1 Å². The van der Waals surface area contributed by atoms with Gasteiger partial charge in [0.25, 0.3) is 0 Å². The zero-order chi connectivity index (χ0) is 14.0. The summed E-state index contributed by atoms with van der Waals surface area (Å²) >= 11 is 0. The lowest BCUT2D eigenvalue weighted by molar-refractivity contribution is 0.134. The fourth-order valence-electron chi connectivity index (χ4n) is 2.64. The van der Waals surface area contributed by atoms with Crippen molar-refractivity contribution >= 4 is 10.0 Å². The quantitative estimate of drug-likeness (QED) is 0.884. The molecule has 4 nitrogen and oxygen atoms in total. The molecule has 1 aliphatic carbocycles. The highest BCUT2D eigenvalue weighted by Gasteiger charge is 2.26. The summed E-state index contributed by atoms with van der Waals surface area (Å²) in [5.41, 5.74) is 1.86. The predicted molar refractivity (Wildman–Crippen MR) is 74.5 cm³/mol. The maximum atomic E-state index is 12.2. The van der Waals surface area contributed by atoms with Crippen molar-refractivity contribution in [3.05, 3.63) is 29.3 Å². The fourth-order valence-corrected chi connectivity index (χ4v) is 3.93. The summed E-state index contributed by atoms with van der Waals surface area (Å²) < 4.78 is 27.0. The van der Waals surface area contributed by atoms with Gasteiger partial charge in [0.1, 0.15) is 0 Å². The minimum absolute atomic E-state index is 0.0423. The van der Waals surface area contributed by atoms with Gasteiger partial charge in [-0.1, -0.05) is 12.5 Å². The van der Waals surface area contributed by atoms with Gasteiger partial charge in [-0.05, 0) is 55.9 Å². The summed E-state index contributed by atoms with van der Waals surface area (Å²) in [6.07, 6.45) is 2.26. The first-order chi connectivity index (χ1) is 8.88. The fraction of sp³-hybridized carbons (Fsp3) is 0.571. The van der Waals surface area contributed by atoms with Crippen molar-refractivity contribution < 1.29 is 13.5 Å². The third-order valence-electron chi connectivity index (χ3n) is 3.66. The first kappa shape index (κ1) is 14.5. The van der Waals surface area contributed by atoms with Gasteiger partial charge in [-0.3, -0.25) is 0 Å². The molecule has 0 aromatic heterocycles. The Hall–Kier alpha value is -0.910. The van der Waals surface area contributed by atoms with Crippen molar-refractivity contribution in [2.24, 2.45) is 5.92 Å². The van der Waals surface area contributed by atoms with E-state index >= 15 is 0 Å². The van der Waals surface area contributed by atoms with Crippen LogP contribution in [0.4, 0.5) is 0 Å². The normalized spacial score (nSPS) is 23.7. The standard InChI is InChI=1S/C14H21NO3S/c1-10-6-11(2)8-13(7-10)19(17,18)15-9-12-4-3-5-14(12)16/h6-8,12,14-16H,3-5,9H2,1-2H3. The summed E-state index contributed by atoms with van der Waals surface area (Å²) in [5.74, 6) is 0.0423. The molecule has 0 heterocycles. The van der Waals surface area contributed by atoms with E-state index in [1.807, 2.05) is 19.9 Å². The van der Waals surface area contributed by atoms with Gasteiger partial charge >= 0.3 is 0 Å². The smallest absolute Gasteiger partial charge is 0.240 e. The highest BCUT2D eigenvalue weighted by molar-refractivity contribution is 7.89. The molecule has 0 amide bonds. The van der Waals surface area contributed by atoms with Gasteiger partial charge in [0.15, 0.2) is 0 Å². The van der Waals surface area contributed by atoms with Crippen LogP contribution in [0.25, 0.3) is 0 Å². The lowest BCUT2D eigenvalue weighted by Gasteiger charge is -2.15. The van der Waals surface area contributed by atoms with E-state index in [1.54, 1.807) is 12.1 Å². The second-order valence-corrected chi connectivity index (χ2v) is 7.20. The van der Waals surface area contributed by atoms with Crippen molar-refractivity contribution in [1.29, 1.82) is 0 Å². The van der Waals surface area contributed by atoms with Crippen LogP contribution in [-0.2, 0) is 10.0 Å². The summed E-state index contributed by atoms with van der Waals surface area (Å²) in [5, 5.41) is 9.71. The molecule has 1 fully saturated rings. The Bertz CT molecular complexity index is 534. The minimum atomic E-state index is -3.48. The molecule has 1 aromatic carbocycles. The SMILES string of the molecule is Cc1cc(C)cc(S(=O)(=O)NCC2CCCC2O)c1. The van der Waals surface area contributed by atoms with Gasteiger partial charge in [-0.25, -0.2) is 13.1 Å². The predicted octanol–water partition coefficient (Wildman–Crippen LogP) is 1.74. The first-order valence-corrected chi connectivity index (χ1v) is 8.13. The van der Waals surface area contributed by atoms with Crippen molar-refractivity contribution in [3.8, 4) is 0 Å². The number of benzene rings is 1. The second-order valence-electron chi connectivity index (χ2n) is 5.43. The summed E-state index contributed by atoms with van der Waals surface area (Å²) in [4.78, 5) is 0.303. The monoisotopic (exact) mass is 283 g/mol. The minimum Gasteiger partial charge on any atom is -0.393 e. The number of hydrogen-bond donors (Lipinski definition) is 2. The van der Waals surface area contributed by atoms with Crippen molar-refractivity contribution in [2.75, 3.05) is 6.54 Å². The van der Waals surface area contributed by atoms with E-state index in [0.29, 0.717) is 11.4 Å². The number of rotatable bonds is 4. The van der Waals surface area contributed by atoms with E-state index < -0.39 is 10.0 Å². The largest absolute Gasteiger partial charge is 0.393 e. The molecule has 0 aliphatic heterocycles. The van der Waals surface area contributed by atoms with Gasteiger partial charge in [0.2, 0.25) is 10.0 Å². The van der Waals surface area contributed by atoms with Crippen LogP contribution in [-0.4, -0.2) is 26.2 Å². The molecule has 0 spiro atoms. The van der Waals surface area contributed by atoms with Gasteiger partial charge in [-0.15, -0.1) is 0 Å². The van der Waals surface area contributed by atoms with Gasteiger partial charge in [0, 0.05) is 6.54 Å². The lowest BCUT2D eigenvalue weighted by atomic mass is 10.1. The van der Waals surface area contributed by atoms with Crippen LogP contribution < -0.4 is 4.72 Å². The third kappa shape index (κ3) is 3.55. The topological polar surface area (TPSA) is 66.4 Å². The first-order valence-electron chi connectivity index (χ1n) is 6.64. The van der Waals surface area contributed by atoms with Crippen LogP contribution >= 0.6 is 0 Å². The second kappa shape index (κ2) is 5.61. The van der Waals surface area contributed by atoms with Gasteiger partial charge < -0.3 is 5.11 Å². The Morgan fingerprint density at radius 2 is 1.84 bits per heavy atom. The number of sulfonamides is 1. The third-order valence-corrected chi connectivity index (χ3v) is 5.06. The van der Waals surface area contributed by atoms with Crippen LogP contribution in [0.5, 0.6) is 0 Å². The average Bonchev–Trinajstić information content (AvgIpc) is 2.71. The maximum absolute atomic E-state index is 12.2. The van der Waals surface area contributed by atoms with E-state index in [9.17, 15) is 13.5 Å². The zero-order valence-corrected chi connectivity index (χ0v) is 12.2. The molecule has 19 heavy (non-hydrogen) atoms. The number of hydrogen-bond acceptors (Lipinski definition) is 3.